The normalized spacial score (nSPS) is 14.3. The van der Waals surface area contributed by atoms with Gasteiger partial charge in [0.15, 0.2) is 9.84 Å². The summed E-state index contributed by atoms with van der Waals surface area (Å²) >= 11 is 0. The van der Waals surface area contributed by atoms with Crippen LogP contribution in [0.1, 0.15) is 33.5 Å². The largest absolute Gasteiger partial charge is 0.493 e. The number of nitrogens with zero attached hydrogens (tertiary/aromatic N) is 3. The molecule has 0 spiro atoms. The van der Waals surface area contributed by atoms with Gasteiger partial charge in [-0.15, -0.1) is 0 Å². The molecule has 2 heterocycles. The average molecular weight is 363 g/mol. The van der Waals surface area contributed by atoms with Crippen molar-refractivity contribution in [2.75, 3.05) is 12.9 Å². The van der Waals surface area contributed by atoms with E-state index in [-0.39, 0.29) is 21.9 Å². The molecule has 0 unspecified atom stereocenters. The van der Waals surface area contributed by atoms with Crippen molar-refractivity contribution in [2.45, 2.75) is 18.2 Å². The summed E-state index contributed by atoms with van der Waals surface area (Å²) in [6.45, 7) is 2.00. The van der Waals surface area contributed by atoms with Crippen molar-refractivity contribution in [3.63, 3.8) is 0 Å². The van der Waals surface area contributed by atoms with Gasteiger partial charge < -0.3 is 9.94 Å². The molecule has 25 heavy (non-hydrogen) atoms. The van der Waals surface area contributed by atoms with Crippen LogP contribution in [-0.2, 0) is 21.7 Å². The van der Waals surface area contributed by atoms with Crippen LogP contribution in [0.25, 0.3) is 0 Å². The summed E-state index contributed by atoms with van der Waals surface area (Å²) in [7, 11) is -1.96. The molecule has 0 aliphatic carbocycles. The molecule has 0 amide bonds. The molecule has 9 heteroatoms. The van der Waals surface area contributed by atoms with Crippen LogP contribution in [0.4, 0.5) is 0 Å². The van der Waals surface area contributed by atoms with Crippen molar-refractivity contribution < 1.29 is 23.2 Å². The van der Waals surface area contributed by atoms with E-state index < -0.39 is 15.6 Å². The number of benzene rings is 1. The van der Waals surface area contributed by atoms with Gasteiger partial charge in [0.1, 0.15) is 12.2 Å². The molecule has 2 aromatic rings. The molecule has 0 bridgehead atoms. The smallest absolute Gasteiger partial charge is 0.220 e. The van der Waals surface area contributed by atoms with Crippen LogP contribution in [0.15, 0.2) is 28.4 Å². The van der Waals surface area contributed by atoms with Crippen molar-refractivity contribution >= 4 is 21.3 Å². The van der Waals surface area contributed by atoms with Gasteiger partial charge in [-0.05, 0) is 24.6 Å². The maximum atomic E-state index is 12.9. The highest BCUT2D eigenvalue weighted by Crippen LogP contribution is 2.29. The van der Waals surface area contributed by atoms with E-state index in [9.17, 15) is 18.3 Å². The Morgan fingerprint density at radius 1 is 1.32 bits per heavy atom. The molecule has 1 aromatic carbocycles. The zero-order valence-corrected chi connectivity index (χ0v) is 14.8. The fraction of sp³-hybridized carbons (Fsp3) is 0.312. The lowest BCUT2D eigenvalue weighted by Crippen LogP contribution is -2.14. The second-order valence-electron chi connectivity index (χ2n) is 5.84. The Balaban J connectivity index is 2.25. The first-order valence-corrected chi connectivity index (χ1v) is 9.39. The van der Waals surface area contributed by atoms with Gasteiger partial charge >= 0.3 is 0 Å². The van der Waals surface area contributed by atoms with Gasteiger partial charge in [-0.2, -0.15) is 5.10 Å². The molecule has 8 nitrogen and oxygen atoms in total. The van der Waals surface area contributed by atoms with E-state index in [1.807, 2.05) is 0 Å². The van der Waals surface area contributed by atoms with Gasteiger partial charge in [-0.3, -0.25) is 4.79 Å². The topological polar surface area (TPSA) is 111 Å². The molecule has 0 fully saturated rings. The first kappa shape index (κ1) is 17.2. The Morgan fingerprint density at radius 3 is 2.56 bits per heavy atom. The summed E-state index contributed by atoms with van der Waals surface area (Å²) in [6.07, 6.45) is 2.85. The summed E-state index contributed by atoms with van der Waals surface area (Å²) in [5.41, 5.74) is 1.65. The van der Waals surface area contributed by atoms with Gasteiger partial charge in [-0.1, -0.05) is 5.16 Å². The number of oxime groups is 1. The van der Waals surface area contributed by atoms with Gasteiger partial charge in [0.05, 0.1) is 16.8 Å². The van der Waals surface area contributed by atoms with E-state index in [2.05, 4.69) is 10.3 Å². The van der Waals surface area contributed by atoms with Crippen LogP contribution in [0.3, 0.4) is 0 Å². The molecular weight excluding hydrogens is 346 g/mol. The maximum Gasteiger partial charge on any atom is 0.220 e. The summed E-state index contributed by atoms with van der Waals surface area (Å²) < 4.78 is 25.2. The lowest BCUT2D eigenvalue weighted by Gasteiger charge is -2.14. The Morgan fingerprint density at radius 2 is 2.04 bits per heavy atom. The highest BCUT2D eigenvalue weighted by molar-refractivity contribution is 7.90. The minimum Gasteiger partial charge on any atom is -0.493 e. The van der Waals surface area contributed by atoms with E-state index in [1.54, 1.807) is 6.92 Å². The second kappa shape index (κ2) is 5.99. The van der Waals surface area contributed by atoms with Crippen LogP contribution < -0.4 is 0 Å². The Hall–Kier alpha value is -2.68. The SMILES string of the molecule is Cc1c(S(C)(=O)=O)ccc(C(=O)c2cnn(C)c2O)c1C1=NOCC1. The predicted molar refractivity (Wildman–Crippen MR) is 89.7 cm³/mol. The molecule has 132 valence electrons. The minimum absolute atomic E-state index is 0.0368. The summed E-state index contributed by atoms with van der Waals surface area (Å²) in [5.74, 6) is -0.719. The number of ketones is 1. The van der Waals surface area contributed by atoms with Crippen LogP contribution in [0.5, 0.6) is 5.88 Å². The fourth-order valence-corrected chi connectivity index (χ4v) is 3.85. The van der Waals surface area contributed by atoms with Crippen LogP contribution >= 0.6 is 0 Å². The third kappa shape index (κ3) is 2.91. The third-order valence-corrected chi connectivity index (χ3v) is 5.35. The molecule has 0 radical (unpaired) electrons. The summed E-state index contributed by atoms with van der Waals surface area (Å²) in [6, 6.07) is 2.83. The number of carbonyl (C=O) groups is 1. The van der Waals surface area contributed by atoms with Crippen molar-refractivity contribution in [3.8, 4) is 5.88 Å². The molecular formula is C16H17N3O5S. The van der Waals surface area contributed by atoms with E-state index in [4.69, 9.17) is 4.84 Å². The number of carbonyl (C=O) groups excluding carboxylic acids is 1. The Labute approximate surface area is 144 Å². The van der Waals surface area contributed by atoms with Crippen molar-refractivity contribution in [1.82, 2.24) is 9.78 Å². The van der Waals surface area contributed by atoms with Gasteiger partial charge in [0, 0.05) is 30.9 Å². The number of hydrogen-bond acceptors (Lipinski definition) is 7. The van der Waals surface area contributed by atoms with Crippen LogP contribution in [0.2, 0.25) is 0 Å². The molecule has 1 aliphatic heterocycles. The molecule has 0 saturated heterocycles. The number of sulfone groups is 1. The summed E-state index contributed by atoms with van der Waals surface area (Å²) in [4.78, 5) is 18.1. The zero-order valence-electron chi connectivity index (χ0n) is 14.0. The first-order chi connectivity index (χ1) is 11.7. The van der Waals surface area contributed by atoms with Crippen molar-refractivity contribution in [2.24, 2.45) is 12.2 Å². The highest BCUT2D eigenvalue weighted by atomic mass is 32.2. The Kier molecular flexibility index (Phi) is 4.11. The number of aromatic hydroxyl groups is 1. The fourth-order valence-electron chi connectivity index (χ4n) is 2.87. The number of hydrogen-bond donors (Lipinski definition) is 1. The lowest BCUT2D eigenvalue weighted by molar-refractivity contribution is 0.103. The highest BCUT2D eigenvalue weighted by Gasteiger charge is 2.27. The third-order valence-electron chi connectivity index (χ3n) is 4.10. The standard InChI is InChI=1S/C16H17N3O5S/c1-9-13(25(3,22)23)5-4-10(14(9)12-6-7-24-18-12)15(20)11-8-17-19(2)16(11)21/h4-5,8,21H,6-7H2,1-3H3. The Bertz CT molecular complexity index is 1010. The first-order valence-electron chi connectivity index (χ1n) is 7.50. The number of aromatic nitrogens is 2. The van der Waals surface area contributed by atoms with E-state index in [0.29, 0.717) is 29.9 Å². The predicted octanol–water partition coefficient (Wildman–Crippen LogP) is 1.19. The van der Waals surface area contributed by atoms with E-state index in [1.165, 1.54) is 30.1 Å². The molecule has 0 atom stereocenters. The van der Waals surface area contributed by atoms with Crippen LogP contribution in [-0.4, -0.2) is 47.7 Å². The van der Waals surface area contributed by atoms with Gasteiger partial charge in [0.25, 0.3) is 0 Å². The van der Waals surface area contributed by atoms with Gasteiger partial charge in [-0.25, -0.2) is 13.1 Å². The molecule has 0 saturated carbocycles. The minimum atomic E-state index is -3.47. The summed E-state index contributed by atoms with van der Waals surface area (Å²) in [5, 5.41) is 17.8. The zero-order chi connectivity index (χ0) is 18.4. The van der Waals surface area contributed by atoms with E-state index >= 15 is 0 Å². The van der Waals surface area contributed by atoms with E-state index in [0.717, 1.165) is 6.26 Å². The molecule has 3 rings (SSSR count). The van der Waals surface area contributed by atoms with Crippen LogP contribution in [0, 0.1) is 6.92 Å². The lowest BCUT2D eigenvalue weighted by atomic mass is 9.92. The van der Waals surface area contributed by atoms with Crippen molar-refractivity contribution in [1.29, 1.82) is 0 Å². The maximum absolute atomic E-state index is 12.9. The molecule has 1 N–H and O–H groups in total. The second-order valence-corrected chi connectivity index (χ2v) is 7.82. The quantitative estimate of drug-likeness (QED) is 0.817. The molecule has 1 aliphatic rings. The monoisotopic (exact) mass is 363 g/mol. The van der Waals surface area contributed by atoms with Gasteiger partial charge in [0.2, 0.25) is 11.7 Å². The number of rotatable bonds is 4. The molecule has 1 aromatic heterocycles. The number of aryl methyl sites for hydroxylation is 1. The van der Waals surface area contributed by atoms with Crippen molar-refractivity contribution in [3.05, 3.63) is 40.6 Å². The average Bonchev–Trinajstić information content (AvgIpc) is 3.16.